The van der Waals surface area contributed by atoms with Crippen molar-refractivity contribution in [3.05, 3.63) is 34.9 Å². The van der Waals surface area contributed by atoms with Gasteiger partial charge < -0.3 is 11.1 Å². The standard InChI is InChI=1S/C11H14N2O/c1-7-9(8-5-13-6-8)3-2-4-10(7)11(12)14/h2-4,8,13H,5-6H2,1H3,(H2,12,14). The summed E-state index contributed by atoms with van der Waals surface area (Å²) in [5.41, 5.74) is 8.22. The zero-order chi connectivity index (χ0) is 10.1. The summed E-state index contributed by atoms with van der Waals surface area (Å²) in [6.07, 6.45) is 0. The third kappa shape index (κ3) is 1.40. The Morgan fingerprint density at radius 2 is 2.21 bits per heavy atom. The number of hydrogen-bond acceptors (Lipinski definition) is 2. The molecule has 0 spiro atoms. The average Bonchev–Trinajstić information content (AvgIpc) is 2.04. The molecule has 1 heterocycles. The molecule has 0 saturated carbocycles. The van der Waals surface area contributed by atoms with Crippen LogP contribution < -0.4 is 11.1 Å². The summed E-state index contributed by atoms with van der Waals surface area (Å²) < 4.78 is 0. The van der Waals surface area contributed by atoms with Crippen molar-refractivity contribution >= 4 is 5.91 Å². The van der Waals surface area contributed by atoms with E-state index in [0.717, 1.165) is 18.7 Å². The highest BCUT2D eigenvalue weighted by Gasteiger charge is 2.21. The molecule has 0 unspecified atom stereocenters. The number of nitrogens with two attached hydrogens (primary N) is 1. The van der Waals surface area contributed by atoms with E-state index in [-0.39, 0.29) is 5.91 Å². The molecule has 0 bridgehead atoms. The summed E-state index contributed by atoms with van der Waals surface area (Å²) in [5.74, 6) is 0.214. The topological polar surface area (TPSA) is 55.1 Å². The van der Waals surface area contributed by atoms with E-state index >= 15 is 0 Å². The van der Waals surface area contributed by atoms with Gasteiger partial charge in [-0.2, -0.15) is 0 Å². The van der Waals surface area contributed by atoms with Gasteiger partial charge in [0, 0.05) is 24.6 Å². The number of primary amides is 1. The molecule has 14 heavy (non-hydrogen) atoms. The van der Waals surface area contributed by atoms with Gasteiger partial charge in [0.25, 0.3) is 0 Å². The van der Waals surface area contributed by atoms with Crippen LogP contribution >= 0.6 is 0 Å². The summed E-state index contributed by atoms with van der Waals surface area (Å²) in [4.78, 5) is 11.1. The number of carbonyl (C=O) groups excluding carboxylic acids is 1. The highest BCUT2D eigenvalue weighted by atomic mass is 16.1. The third-order valence-electron chi connectivity index (χ3n) is 2.86. The van der Waals surface area contributed by atoms with Crippen molar-refractivity contribution in [2.45, 2.75) is 12.8 Å². The molecule has 1 fully saturated rings. The normalized spacial score (nSPS) is 16.4. The maximum Gasteiger partial charge on any atom is 0.248 e. The fraction of sp³-hybridized carbons (Fsp3) is 0.364. The van der Waals surface area contributed by atoms with Crippen LogP contribution in [0, 0.1) is 6.92 Å². The van der Waals surface area contributed by atoms with E-state index in [4.69, 9.17) is 5.73 Å². The molecule has 2 rings (SSSR count). The molecule has 0 aliphatic carbocycles. The number of nitrogens with one attached hydrogen (secondary N) is 1. The molecule has 3 N–H and O–H groups in total. The van der Waals surface area contributed by atoms with Crippen molar-refractivity contribution in [1.82, 2.24) is 5.32 Å². The van der Waals surface area contributed by atoms with Crippen molar-refractivity contribution in [3.8, 4) is 0 Å². The first-order valence-electron chi connectivity index (χ1n) is 4.80. The van der Waals surface area contributed by atoms with Gasteiger partial charge in [-0.15, -0.1) is 0 Å². The van der Waals surface area contributed by atoms with Crippen LogP contribution in [0.25, 0.3) is 0 Å². The summed E-state index contributed by atoms with van der Waals surface area (Å²) in [7, 11) is 0. The van der Waals surface area contributed by atoms with Gasteiger partial charge in [0.05, 0.1) is 0 Å². The molecule has 0 radical (unpaired) electrons. The largest absolute Gasteiger partial charge is 0.366 e. The van der Waals surface area contributed by atoms with Gasteiger partial charge >= 0.3 is 0 Å². The number of carbonyl (C=O) groups is 1. The van der Waals surface area contributed by atoms with Gasteiger partial charge in [-0.3, -0.25) is 4.79 Å². The molecule has 0 aromatic heterocycles. The molecule has 1 aromatic rings. The second-order valence-corrected chi connectivity index (χ2v) is 3.74. The zero-order valence-corrected chi connectivity index (χ0v) is 8.21. The first-order chi connectivity index (χ1) is 6.70. The molecule has 1 aliphatic heterocycles. The van der Waals surface area contributed by atoms with Crippen molar-refractivity contribution < 1.29 is 4.79 Å². The summed E-state index contributed by atoms with van der Waals surface area (Å²) in [6, 6.07) is 5.77. The maximum absolute atomic E-state index is 11.1. The highest BCUT2D eigenvalue weighted by molar-refractivity contribution is 5.94. The van der Waals surface area contributed by atoms with Crippen LogP contribution in [0.15, 0.2) is 18.2 Å². The van der Waals surface area contributed by atoms with E-state index in [1.165, 1.54) is 5.56 Å². The quantitative estimate of drug-likeness (QED) is 0.724. The van der Waals surface area contributed by atoms with Gasteiger partial charge in [0.15, 0.2) is 0 Å². The predicted octanol–water partition coefficient (Wildman–Crippen LogP) is 0.781. The number of amides is 1. The van der Waals surface area contributed by atoms with E-state index < -0.39 is 0 Å². The molecule has 1 aliphatic rings. The first kappa shape index (κ1) is 9.21. The fourth-order valence-electron chi connectivity index (χ4n) is 1.87. The molecule has 3 nitrogen and oxygen atoms in total. The van der Waals surface area contributed by atoms with E-state index in [1.807, 2.05) is 13.0 Å². The Morgan fingerprint density at radius 3 is 2.71 bits per heavy atom. The Bertz CT molecular complexity index is 370. The van der Waals surface area contributed by atoms with Crippen LogP contribution in [-0.2, 0) is 0 Å². The molecule has 1 amide bonds. The van der Waals surface area contributed by atoms with E-state index in [9.17, 15) is 4.79 Å². The lowest BCUT2D eigenvalue weighted by atomic mass is 9.88. The summed E-state index contributed by atoms with van der Waals surface area (Å²) >= 11 is 0. The van der Waals surface area contributed by atoms with Crippen molar-refractivity contribution in [1.29, 1.82) is 0 Å². The van der Waals surface area contributed by atoms with Crippen LogP contribution in [-0.4, -0.2) is 19.0 Å². The molecule has 0 atom stereocenters. The second kappa shape index (κ2) is 3.42. The van der Waals surface area contributed by atoms with Crippen molar-refractivity contribution in [2.75, 3.05) is 13.1 Å². The van der Waals surface area contributed by atoms with Crippen LogP contribution in [0.5, 0.6) is 0 Å². The van der Waals surface area contributed by atoms with Crippen LogP contribution in [0.3, 0.4) is 0 Å². The van der Waals surface area contributed by atoms with Crippen molar-refractivity contribution in [3.63, 3.8) is 0 Å². The van der Waals surface area contributed by atoms with Gasteiger partial charge in [0.2, 0.25) is 5.91 Å². The van der Waals surface area contributed by atoms with Gasteiger partial charge in [-0.25, -0.2) is 0 Å². The SMILES string of the molecule is Cc1c(C(N)=O)cccc1C1CNC1. The van der Waals surface area contributed by atoms with Gasteiger partial charge in [-0.05, 0) is 24.1 Å². The molecule has 1 saturated heterocycles. The molecule has 74 valence electrons. The van der Waals surface area contributed by atoms with E-state index in [2.05, 4.69) is 11.4 Å². The lowest BCUT2D eigenvalue weighted by molar-refractivity contribution is 0.0999. The number of benzene rings is 1. The lowest BCUT2D eigenvalue weighted by Gasteiger charge is -2.29. The minimum Gasteiger partial charge on any atom is -0.366 e. The minimum absolute atomic E-state index is 0.336. The Morgan fingerprint density at radius 1 is 1.50 bits per heavy atom. The molecular formula is C11H14N2O. The Labute approximate surface area is 83.3 Å². The Kier molecular flexibility index (Phi) is 2.25. The Hall–Kier alpha value is -1.35. The summed E-state index contributed by atoms with van der Waals surface area (Å²) in [6.45, 7) is 3.97. The maximum atomic E-state index is 11.1. The van der Waals surface area contributed by atoms with Crippen LogP contribution in [0.2, 0.25) is 0 Å². The van der Waals surface area contributed by atoms with E-state index in [0.29, 0.717) is 11.5 Å². The highest BCUT2D eigenvalue weighted by Crippen LogP contribution is 2.25. The number of hydrogen-bond donors (Lipinski definition) is 2. The van der Waals surface area contributed by atoms with Crippen LogP contribution in [0.1, 0.15) is 27.4 Å². The first-order valence-corrected chi connectivity index (χ1v) is 4.80. The molecular weight excluding hydrogens is 176 g/mol. The van der Waals surface area contributed by atoms with E-state index in [1.54, 1.807) is 6.07 Å². The second-order valence-electron chi connectivity index (χ2n) is 3.74. The predicted molar refractivity (Wildman–Crippen MR) is 55.3 cm³/mol. The fourth-order valence-corrected chi connectivity index (χ4v) is 1.87. The van der Waals surface area contributed by atoms with Crippen LogP contribution in [0.4, 0.5) is 0 Å². The number of rotatable bonds is 2. The van der Waals surface area contributed by atoms with Gasteiger partial charge in [-0.1, -0.05) is 12.1 Å². The molecule has 1 aromatic carbocycles. The van der Waals surface area contributed by atoms with Gasteiger partial charge in [0.1, 0.15) is 0 Å². The Balaban J connectivity index is 2.40. The molecule has 3 heteroatoms. The monoisotopic (exact) mass is 190 g/mol. The lowest BCUT2D eigenvalue weighted by Crippen LogP contribution is -2.40. The third-order valence-corrected chi connectivity index (χ3v) is 2.86. The summed E-state index contributed by atoms with van der Waals surface area (Å²) in [5, 5.41) is 3.22. The average molecular weight is 190 g/mol. The smallest absolute Gasteiger partial charge is 0.248 e. The van der Waals surface area contributed by atoms with Crippen molar-refractivity contribution in [2.24, 2.45) is 5.73 Å². The minimum atomic E-state index is -0.336. The zero-order valence-electron chi connectivity index (χ0n) is 8.21.